The Hall–Kier alpha value is -1.73. The molecule has 24 heavy (non-hydrogen) atoms. The standard InChI is InChI=1S/C16H10ClF4NOS/c17-12-7-9(5-6-13(12)18)22-14(23)8-24-15(22)10-3-1-2-4-11(10)16(19,20)21/h1-7,15H,8H2/t15-/m1/s1. The topological polar surface area (TPSA) is 20.3 Å². The molecule has 3 rings (SSSR count). The van der Waals surface area contributed by atoms with Crippen LogP contribution in [0, 0.1) is 5.82 Å². The summed E-state index contributed by atoms with van der Waals surface area (Å²) in [5, 5.41) is -1.04. The number of benzene rings is 2. The molecule has 1 saturated heterocycles. The van der Waals surface area contributed by atoms with Crippen molar-refractivity contribution in [3.8, 4) is 0 Å². The summed E-state index contributed by atoms with van der Waals surface area (Å²) < 4.78 is 53.1. The molecule has 8 heteroatoms. The van der Waals surface area contributed by atoms with Crippen LogP contribution >= 0.6 is 23.4 Å². The van der Waals surface area contributed by atoms with Crippen molar-refractivity contribution < 1.29 is 22.4 Å². The van der Waals surface area contributed by atoms with Crippen LogP contribution in [0.15, 0.2) is 42.5 Å². The molecule has 1 aliphatic heterocycles. The van der Waals surface area contributed by atoms with Gasteiger partial charge in [0.05, 0.1) is 16.3 Å². The normalized spacial score (nSPS) is 18.3. The second kappa shape index (κ2) is 6.29. The van der Waals surface area contributed by atoms with E-state index in [1.807, 2.05) is 0 Å². The fraction of sp³-hybridized carbons (Fsp3) is 0.188. The minimum atomic E-state index is -4.53. The number of nitrogens with zero attached hydrogens (tertiary/aromatic N) is 1. The van der Waals surface area contributed by atoms with Gasteiger partial charge in [0.1, 0.15) is 11.2 Å². The third-order valence-corrected chi connectivity index (χ3v) is 5.07. The molecule has 0 radical (unpaired) electrons. The van der Waals surface area contributed by atoms with Gasteiger partial charge in [0.2, 0.25) is 5.91 Å². The van der Waals surface area contributed by atoms with Crippen molar-refractivity contribution >= 4 is 35.0 Å². The fourth-order valence-corrected chi connectivity index (χ4v) is 3.93. The molecule has 0 spiro atoms. The number of hydrogen-bond donors (Lipinski definition) is 0. The van der Waals surface area contributed by atoms with Gasteiger partial charge in [-0.25, -0.2) is 4.39 Å². The molecule has 1 fully saturated rings. The van der Waals surface area contributed by atoms with Gasteiger partial charge in [0, 0.05) is 5.69 Å². The van der Waals surface area contributed by atoms with Crippen LogP contribution in [-0.2, 0) is 11.0 Å². The molecule has 2 aromatic carbocycles. The predicted octanol–water partition coefficient (Wildman–Crippen LogP) is 5.28. The highest BCUT2D eigenvalue weighted by molar-refractivity contribution is 8.00. The van der Waals surface area contributed by atoms with E-state index in [-0.39, 0.29) is 27.9 Å². The number of rotatable bonds is 2. The fourth-order valence-electron chi connectivity index (χ4n) is 2.54. The predicted molar refractivity (Wildman–Crippen MR) is 85.5 cm³/mol. The Kier molecular flexibility index (Phi) is 4.48. The molecule has 0 saturated carbocycles. The third-order valence-electron chi connectivity index (χ3n) is 3.58. The maximum absolute atomic E-state index is 13.3. The van der Waals surface area contributed by atoms with Crippen LogP contribution in [0.2, 0.25) is 5.02 Å². The van der Waals surface area contributed by atoms with Gasteiger partial charge < -0.3 is 0 Å². The lowest BCUT2D eigenvalue weighted by molar-refractivity contribution is -0.138. The van der Waals surface area contributed by atoms with Crippen LogP contribution in [0.3, 0.4) is 0 Å². The lowest BCUT2D eigenvalue weighted by atomic mass is 10.1. The summed E-state index contributed by atoms with van der Waals surface area (Å²) in [6.07, 6.45) is -4.53. The molecule has 2 nitrogen and oxygen atoms in total. The Morgan fingerprint density at radius 1 is 1.17 bits per heavy atom. The molecule has 0 N–H and O–H groups in total. The quantitative estimate of drug-likeness (QED) is 0.666. The van der Waals surface area contributed by atoms with Crippen LogP contribution in [0.1, 0.15) is 16.5 Å². The molecule has 0 aromatic heterocycles. The van der Waals surface area contributed by atoms with Gasteiger partial charge >= 0.3 is 6.18 Å². The smallest absolute Gasteiger partial charge is 0.295 e. The molecule has 1 aliphatic rings. The van der Waals surface area contributed by atoms with E-state index in [0.717, 1.165) is 23.9 Å². The molecular weight excluding hydrogens is 366 g/mol. The molecule has 0 bridgehead atoms. The number of amides is 1. The highest BCUT2D eigenvalue weighted by Gasteiger charge is 2.41. The largest absolute Gasteiger partial charge is 0.416 e. The van der Waals surface area contributed by atoms with Gasteiger partial charge in [-0.15, -0.1) is 11.8 Å². The summed E-state index contributed by atoms with van der Waals surface area (Å²) in [4.78, 5) is 13.4. The summed E-state index contributed by atoms with van der Waals surface area (Å²) in [6.45, 7) is 0. The van der Waals surface area contributed by atoms with E-state index in [1.54, 1.807) is 0 Å². The van der Waals surface area contributed by atoms with Crippen LogP contribution in [-0.4, -0.2) is 11.7 Å². The SMILES string of the molecule is O=C1CS[C@H](c2ccccc2C(F)(F)F)N1c1ccc(F)c(Cl)c1. The first-order valence-electron chi connectivity index (χ1n) is 6.84. The van der Waals surface area contributed by atoms with Gasteiger partial charge in [-0.2, -0.15) is 13.2 Å². The number of thioether (sulfide) groups is 1. The van der Waals surface area contributed by atoms with E-state index < -0.39 is 22.9 Å². The van der Waals surface area contributed by atoms with Crippen molar-refractivity contribution in [1.29, 1.82) is 0 Å². The Balaban J connectivity index is 2.08. The first-order chi connectivity index (χ1) is 11.3. The number of halogens is 5. The molecular formula is C16H10ClF4NOS. The average Bonchev–Trinajstić information content (AvgIpc) is 2.91. The molecule has 126 valence electrons. The third kappa shape index (κ3) is 3.10. The summed E-state index contributed by atoms with van der Waals surface area (Å²) in [7, 11) is 0. The zero-order valence-corrected chi connectivity index (χ0v) is 13.6. The second-order valence-electron chi connectivity index (χ2n) is 5.11. The Morgan fingerprint density at radius 2 is 1.88 bits per heavy atom. The summed E-state index contributed by atoms with van der Waals surface area (Å²) in [5.41, 5.74) is -0.546. The number of anilines is 1. The van der Waals surface area contributed by atoms with E-state index in [9.17, 15) is 22.4 Å². The summed E-state index contributed by atoms with van der Waals surface area (Å²) in [6, 6.07) is 8.76. The number of hydrogen-bond acceptors (Lipinski definition) is 2. The van der Waals surface area contributed by atoms with E-state index >= 15 is 0 Å². The molecule has 0 unspecified atom stereocenters. The van der Waals surface area contributed by atoms with Crippen molar-refractivity contribution in [2.45, 2.75) is 11.6 Å². The van der Waals surface area contributed by atoms with Crippen molar-refractivity contribution in [1.82, 2.24) is 0 Å². The Labute approximate surface area is 144 Å². The molecule has 2 aromatic rings. The van der Waals surface area contributed by atoms with Crippen molar-refractivity contribution in [3.05, 3.63) is 64.4 Å². The van der Waals surface area contributed by atoms with E-state index in [2.05, 4.69) is 0 Å². The zero-order valence-electron chi connectivity index (χ0n) is 12.0. The van der Waals surface area contributed by atoms with Crippen LogP contribution in [0.25, 0.3) is 0 Å². The van der Waals surface area contributed by atoms with Crippen molar-refractivity contribution in [3.63, 3.8) is 0 Å². The first-order valence-corrected chi connectivity index (χ1v) is 8.26. The monoisotopic (exact) mass is 375 g/mol. The highest BCUT2D eigenvalue weighted by atomic mass is 35.5. The molecule has 1 atom stereocenters. The maximum Gasteiger partial charge on any atom is 0.416 e. The van der Waals surface area contributed by atoms with Gasteiger partial charge in [-0.3, -0.25) is 9.69 Å². The van der Waals surface area contributed by atoms with Crippen LogP contribution < -0.4 is 4.90 Å². The average molecular weight is 376 g/mol. The number of carbonyl (C=O) groups is 1. The summed E-state index contributed by atoms with van der Waals surface area (Å²) >= 11 is 6.82. The lowest BCUT2D eigenvalue weighted by Gasteiger charge is -2.26. The Bertz CT molecular complexity index is 796. The number of carbonyl (C=O) groups excluding carboxylic acids is 1. The maximum atomic E-state index is 13.3. The van der Waals surface area contributed by atoms with E-state index in [1.165, 1.54) is 35.2 Å². The minimum Gasteiger partial charge on any atom is -0.295 e. The summed E-state index contributed by atoms with van der Waals surface area (Å²) in [5.74, 6) is -0.983. The van der Waals surface area contributed by atoms with E-state index in [0.29, 0.717) is 0 Å². The zero-order chi connectivity index (χ0) is 17.5. The molecule has 0 aliphatic carbocycles. The highest BCUT2D eigenvalue weighted by Crippen LogP contribution is 2.46. The Morgan fingerprint density at radius 3 is 2.54 bits per heavy atom. The van der Waals surface area contributed by atoms with E-state index in [4.69, 9.17) is 11.6 Å². The van der Waals surface area contributed by atoms with Crippen molar-refractivity contribution in [2.75, 3.05) is 10.7 Å². The van der Waals surface area contributed by atoms with Gasteiger partial charge in [-0.05, 0) is 29.8 Å². The van der Waals surface area contributed by atoms with Crippen LogP contribution in [0.5, 0.6) is 0 Å². The van der Waals surface area contributed by atoms with Gasteiger partial charge in [0.15, 0.2) is 0 Å². The van der Waals surface area contributed by atoms with Crippen molar-refractivity contribution in [2.24, 2.45) is 0 Å². The molecule has 1 amide bonds. The number of alkyl halides is 3. The van der Waals surface area contributed by atoms with Gasteiger partial charge in [0.25, 0.3) is 0 Å². The van der Waals surface area contributed by atoms with Crippen LogP contribution in [0.4, 0.5) is 23.2 Å². The molecule has 1 heterocycles. The lowest BCUT2D eigenvalue weighted by Crippen LogP contribution is -2.29. The minimum absolute atomic E-state index is 0.0127. The second-order valence-corrected chi connectivity index (χ2v) is 6.59. The first kappa shape index (κ1) is 17.1. The van der Waals surface area contributed by atoms with Gasteiger partial charge in [-0.1, -0.05) is 29.8 Å².